The molecule has 0 spiro atoms. The molecular weight excluding hydrogens is 360 g/mol. The van der Waals surface area contributed by atoms with Crippen molar-refractivity contribution in [3.05, 3.63) is 23.4 Å². The highest BCUT2D eigenvalue weighted by Gasteiger charge is 2.45. The number of likely N-dealkylation sites (tertiary alicyclic amines) is 1. The zero-order valence-electron chi connectivity index (χ0n) is 17.4. The minimum atomic E-state index is -0.158. The highest BCUT2D eigenvalue weighted by molar-refractivity contribution is 6.38. The third kappa shape index (κ3) is 3.99. The van der Waals surface area contributed by atoms with E-state index in [0.717, 1.165) is 23.9 Å². The number of halogens is 1. The quantitative estimate of drug-likeness (QED) is 0.808. The highest BCUT2D eigenvalue weighted by atomic mass is 35.5. The number of nitrogens with zero attached hydrogens (tertiary/aromatic N) is 3. The van der Waals surface area contributed by atoms with Crippen LogP contribution in [0.25, 0.3) is 10.9 Å². The van der Waals surface area contributed by atoms with E-state index < -0.39 is 0 Å². The molecule has 0 aliphatic carbocycles. The van der Waals surface area contributed by atoms with Gasteiger partial charge in [0, 0.05) is 30.7 Å². The van der Waals surface area contributed by atoms with E-state index in [0.29, 0.717) is 16.6 Å². The lowest BCUT2D eigenvalue weighted by Crippen LogP contribution is -2.49. The molecule has 1 amide bonds. The molecule has 2 atom stereocenters. The van der Waals surface area contributed by atoms with Crippen molar-refractivity contribution in [3.63, 3.8) is 0 Å². The molecule has 1 aliphatic rings. The van der Waals surface area contributed by atoms with Crippen LogP contribution in [0.3, 0.4) is 0 Å². The fourth-order valence-corrected chi connectivity index (χ4v) is 4.20. The Hall–Kier alpha value is -1.59. The van der Waals surface area contributed by atoms with Crippen LogP contribution < -0.4 is 5.32 Å². The fourth-order valence-electron chi connectivity index (χ4n) is 3.94. The molecule has 27 heavy (non-hydrogen) atoms. The number of hydrogen-bond acceptors (Lipinski definition) is 3. The molecule has 1 saturated heterocycles. The lowest BCUT2D eigenvalue weighted by atomic mass is 9.79. The molecule has 1 aromatic heterocycles. The van der Waals surface area contributed by atoms with Gasteiger partial charge in [-0.3, -0.25) is 14.4 Å². The number of rotatable bonds is 2. The Balaban J connectivity index is 1.87. The molecule has 0 bridgehead atoms. The summed E-state index contributed by atoms with van der Waals surface area (Å²) in [5.74, 6) is 0.491. The summed E-state index contributed by atoms with van der Waals surface area (Å²) in [6.07, 6.45) is 2.74. The minimum Gasteiger partial charge on any atom is -0.323 e. The van der Waals surface area contributed by atoms with Gasteiger partial charge in [-0.2, -0.15) is 5.10 Å². The molecular formula is C21H31ClN4O. The lowest BCUT2D eigenvalue weighted by molar-refractivity contribution is -0.121. The fraction of sp³-hybridized carbons (Fsp3) is 0.619. The number of anilines is 1. The summed E-state index contributed by atoms with van der Waals surface area (Å²) in [6.45, 7) is 14.2. The van der Waals surface area contributed by atoms with Crippen molar-refractivity contribution in [3.8, 4) is 0 Å². The number of benzene rings is 1. The van der Waals surface area contributed by atoms with E-state index in [1.807, 2.05) is 25.4 Å². The zero-order valence-corrected chi connectivity index (χ0v) is 18.2. The summed E-state index contributed by atoms with van der Waals surface area (Å²) >= 11 is 6.55. The Morgan fingerprint density at radius 1 is 1.22 bits per heavy atom. The van der Waals surface area contributed by atoms with Crippen molar-refractivity contribution in [1.82, 2.24) is 14.7 Å². The number of aromatic nitrogens is 2. The average Bonchev–Trinajstić information content (AvgIpc) is 3.13. The topological polar surface area (TPSA) is 50.2 Å². The van der Waals surface area contributed by atoms with Crippen LogP contribution in [0.1, 0.15) is 48.0 Å². The predicted octanol–water partition coefficient (Wildman–Crippen LogP) is 4.70. The van der Waals surface area contributed by atoms with E-state index in [1.165, 1.54) is 0 Å². The van der Waals surface area contributed by atoms with Crippen LogP contribution in [-0.4, -0.2) is 38.7 Å². The third-order valence-corrected chi connectivity index (χ3v) is 6.09. The van der Waals surface area contributed by atoms with Crippen LogP contribution in [0, 0.1) is 11.3 Å². The molecule has 6 heteroatoms. The molecule has 5 nitrogen and oxygen atoms in total. The van der Waals surface area contributed by atoms with Gasteiger partial charge in [-0.05, 0) is 50.7 Å². The van der Waals surface area contributed by atoms with Gasteiger partial charge in [0.1, 0.15) is 0 Å². The van der Waals surface area contributed by atoms with Gasteiger partial charge in [-0.15, -0.1) is 0 Å². The molecule has 0 saturated carbocycles. The van der Waals surface area contributed by atoms with Crippen molar-refractivity contribution in [1.29, 1.82) is 0 Å². The van der Waals surface area contributed by atoms with Gasteiger partial charge in [-0.25, -0.2) is 0 Å². The second kappa shape index (κ2) is 6.78. The summed E-state index contributed by atoms with van der Waals surface area (Å²) < 4.78 is 1.73. The molecule has 3 rings (SSSR count). The summed E-state index contributed by atoms with van der Waals surface area (Å²) in [6, 6.07) is 3.58. The average molecular weight is 391 g/mol. The zero-order chi connectivity index (χ0) is 20.1. The summed E-state index contributed by atoms with van der Waals surface area (Å²) in [5, 5.41) is 8.84. The van der Waals surface area contributed by atoms with Gasteiger partial charge in [0.2, 0.25) is 5.91 Å². The Kier molecular flexibility index (Phi) is 5.06. The first kappa shape index (κ1) is 20.2. The van der Waals surface area contributed by atoms with Gasteiger partial charge in [-0.1, -0.05) is 32.4 Å². The largest absolute Gasteiger partial charge is 0.323 e. The third-order valence-electron chi connectivity index (χ3n) is 5.69. The number of hydrogen-bond donors (Lipinski definition) is 1. The number of nitrogens with one attached hydrogen (secondary N) is 1. The van der Waals surface area contributed by atoms with E-state index in [1.54, 1.807) is 4.68 Å². The molecule has 1 aromatic carbocycles. The minimum absolute atomic E-state index is 0.0156. The Bertz CT molecular complexity index is 859. The van der Waals surface area contributed by atoms with E-state index in [9.17, 15) is 4.79 Å². The van der Waals surface area contributed by atoms with E-state index in [-0.39, 0.29) is 22.9 Å². The molecule has 1 unspecified atom stereocenters. The van der Waals surface area contributed by atoms with E-state index in [2.05, 4.69) is 56.9 Å². The maximum atomic E-state index is 13.2. The predicted molar refractivity (Wildman–Crippen MR) is 112 cm³/mol. The lowest BCUT2D eigenvalue weighted by Gasteiger charge is -2.36. The van der Waals surface area contributed by atoms with Gasteiger partial charge in [0.25, 0.3) is 0 Å². The number of amides is 1. The van der Waals surface area contributed by atoms with E-state index in [4.69, 9.17) is 11.6 Å². The van der Waals surface area contributed by atoms with Crippen LogP contribution >= 0.6 is 11.6 Å². The van der Waals surface area contributed by atoms with Crippen LogP contribution in [0.15, 0.2) is 18.3 Å². The van der Waals surface area contributed by atoms with Gasteiger partial charge < -0.3 is 5.32 Å². The first-order valence-electron chi connectivity index (χ1n) is 9.57. The van der Waals surface area contributed by atoms with Gasteiger partial charge in [0.05, 0.1) is 22.3 Å². The molecule has 1 fully saturated rings. The molecule has 1 N–H and O–H groups in total. The summed E-state index contributed by atoms with van der Waals surface area (Å²) in [5.41, 5.74) is 1.57. The molecule has 1 aliphatic heterocycles. The van der Waals surface area contributed by atoms with Crippen LogP contribution in [0.5, 0.6) is 0 Å². The maximum Gasteiger partial charge on any atom is 0.241 e. The van der Waals surface area contributed by atoms with Gasteiger partial charge >= 0.3 is 0 Å². The Labute approximate surface area is 167 Å². The summed E-state index contributed by atoms with van der Waals surface area (Å²) in [7, 11) is 1.86. The van der Waals surface area contributed by atoms with Crippen LogP contribution in [-0.2, 0) is 11.8 Å². The molecule has 148 valence electrons. The first-order chi connectivity index (χ1) is 12.4. The Morgan fingerprint density at radius 2 is 1.89 bits per heavy atom. The standard InChI is InChI=1S/C21H31ClN4O/c1-20(2,3)13-10-17(26(11-13)21(4,5)6)19(27)23-16-9-8-15-14(18(16)22)12-25(7)24-15/h8-9,12-13,17H,10-11H2,1-7H3,(H,23,27)/t13?,17-/m0/s1. The summed E-state index contributed by atoms with van der Waals surface area (Å²) in [4.78, 5) is 15.5. The number of carbonyl (C=O) groups is 1. The van der Waals surface area contributed by atoms with Crippen molar-refractivity contribution < 1.29 is 4.79 Å². The maximum absolute atomic E-state index is 13.2. The van der Waals surface area contributed by atoms with Crippen molar-refractivity contribution in [2.24, 2.45) is 18.4 Å². The molecule has 2 heterocycles. The first-order valence-corrected chi connectivity index (χ1v) is 9.95. The number of fused-ring (bicyclic) bond motifs is 1. The second-order valence-electron chi connectivity index (χ2n) is 9.79. The smallest absolute Gasteiger partial charge is 0.241 e. The monoisotopic (exact) mass is 390 g/mol. The SMILES string of the molecule is Cn1cc2c(Cl)c(NC(=O)[C@@H]3CC(C(C)(C)C)CN3C(C)(C)C)ccc2n1. The second-order valence-corrected chi connectivity index (χ2v) is 10.2. The van der Waals surface area contributed by atoms with Crippen molar-refractivity contribution in [2.45, 2.75) is 59.5 Å². The van der Waals surface area contributed by atoms with Gasteiger partial charge in [0.15, 0.2) is 0 Å². The van der Waals surface area contributed by atoms with Crippen molar-refractivity contribution in [2.75, 3.05) is 11.9 Å². The normalized spacial score (nSPS) is 21.8. The number of aryl methyl sites for hydroxylation is 1. The van der Waals surface area contributed by atoms with E-state index >= 15 is 0 Å². The number of carbonyl (C=O) groups excluding carboxylic acids is 1. The molecule has 0 radical (unpaired) electrons. The molecule has 2 aromatic rings. The van der Waals surface area contributed by atoms with Crippen LogP contribution in [0.2, 0.25) is 5.02 Å². The van der Waals surface area contributed by atoms with Crippen LogP contribution in [0.4, 0.5) is 5.69 Å². The highest BCUT2D eigenvalue weighted by Crippen LogP contribution is 2.40. The Morgan fingerprint density at radius 3 is 2.48 bits per heavy atom. The van der Waals surface area contributed by atoms with Crippen molar-refractivity contribution >= 4 is 34.1 Å².